The van der Waals surface area contributed by atoms with E-state index in [1.807, 2.05) is 12.1 Å². The molecule has 2 rings (SSSR count). The van der Waals surface area contributed by atoms with Gasteiger partial charge in [0.25, 0.3) is 0 Å². The molecule has 0 bridgehead atoms. The summed E-state index contributed by atoms with van der Waals surface area (Å²) >= 11 is 1.46. The van der Waals surface area contributed by atoms with Crippen LogP contribution >= 0.6 is 11.8 Å². The van der Waals surface area contributed by atoms with Crippen LogP contribution in [0.5, 0.6) is 5.75 Å². The number of esters is 1. The van der Waals surface area contributed by atoms with Crippen molar-refractivity contribution in [1.29, 1.82) is 0 Å². The zero-order valence-electron chi connectivity index (χ0n) is 15.5. The molecule has 0 spiro atoms. The van der Waals surface area contributed by atoms with E-state index >= 15 is 0 Å². The van der Waals surface area contributed by atoms with E-state index in [1.54, 1.807) is 6.92 Å². The summed E-state index contributed by atoms with van der Waals surface area (Å²) in [6, 6.07) is 7.99. The van der Waals surface area contributed by atoms with E-state index in [2.05, 4.69) is 36.2 Å². The molecular weight excluding hydrogens is 352 g/mol. The third kappa shape index (κ3) is 5.94. The first kappa shape index (κ1) is 20.1. The van der Waals surface area contributed by atoms with Crippen LogP contribution in [-0.2, 0) is 16.1 Å². The van der Waals surface area contributed by atoms with E-state index in [0.29, 0.717) is 42.1 Å². The zero-order valence-corrected chi connectivity index (χ0v) is 16.3. The number of nitrogen functional groups attached to an aromatic ring is 1. The molecule has 1 heterocycles. The fourth-order valence-electron chi connectivity index (χ4n) is 2.21. The second-order valence-corrected chi connectivity index (χ2v) is 7.10. The maximum atomic E-state index is 11.3. The molecule has 2 aromatic rings. The van der Waals surface area contributed by atoms with Gasteiger partial charge in [0.05, 0.1) is 6.61 Å². The standard InChI is InChI=1S/C18H26N4O3S/c1-4-24-17(23)6-5-11-26-18-21-20-16(22(18)19)12-25-15-9-7-14(8-10-15)13(2)3/h7-10,13H,4-6,11-12,19H2,1-3H3. The monoisotopic (exact) mass is 378 g/mol. The molecule has 0 unspecified atom stereocenters. The predicted octanol–water partition coefficient (Wildman–Crippen LogP) is 3.13. The van der Waals surface area contributed by atoms with Crippen LogP contribution in [0, 0.1) is 0 Å². The topological polar surface area (TPSA) is 92.3 Å². The molecule has 142 valence electrons. The normalized spacial score (nSPS) is 10.9. The quantitative estimate of drug-likeness (QED) is 0.294. The van der Waals surface area contributed by atoms with Crippen LogP contribution in [0.25, 0.3) is 0 Å². The predicted molar refractivity (Wildman–Crippen MR) is 102 cm³/mol. The Labute approximate surface area is 158 Å². The smallest absolute Gasteiger partial charge is 0.305 e. The van der Waals surface area contributed by atoms with Gasteiger partial charge in [0.1, 0.15) is 12.4 Å². The SMILES string of the molecule is CCOC(=O)CCCSc1nnc(COc2ccc(C(C)C)cc2)n1N. The van der Waals surface area contributed by atoms with E-state index < -0.39 is 0 Å². The molecule has 8 heteroatoms. The number of thioether (sulfide) groups is 1. The average Bonchev–Trinajstić information content (AvgIpc) is 2.97. The number of hydrogen-bond acceptors (Lipinski definition) is 7. The number of benzene rings is 1. The average molecular weight is 378 g/mol. The zero-order chi connectivity index (χ0) is 18.9. The first-order chi connectivity index (χ1) is 12.5. The summed E-state index contributed by atoms with van der Waals surface area (Å²) in [4.78, 5) is 11.3. The van der Waals surface area contributed by atoms with Crippen LogP contribution in [0.15, 0.2) is 29.4 Å². The maximum Gasteiger partial charge on any atom is 0.305 e. The molecule has 7 nitrogen and oxygen atoms in total. The lowest BCUT2D eigenvalue weighted by Crippen LogP contribution is -2.16. The van der Waals surface area contributed by atoms with E-state index in [0.717, 1.165) is 5.75 Å². The van der Waals surface area contributed by atoms with Crippen LogP contribution in [0.4, 0.5) is 0 Å². The van der Waals surface area contributed by atoms with Gasteiger partial charge in [-0.15, -0.1) is 10.2 Å². The number of ether oxygens (including phenoxy) is 2. The van der Waals surface area contributed by atoms with Gasteiger partial charge in [-0.2, -0.15) is 0 Å². The Morgan fingerprint density at radius 1 is 1.27 bits per heavy atom. The van der Waals surface area contributed by atoms with Crippen LogP contribution in [0.1, 0.15) is 50.9 Å². The fraction of sp³-hybridized carbons (Fsp3) is 0.500. The van der Waals surface area contributed by atoms with Crippen molar-refractivity contribution in [1.82, 2.24) is 14.9 Å². The van der Waals surface area contributed by atoms with Gasteiger partial charge in [0.2, 0.25) is 5.16 Å². The van der Waals surface area contributed by atoms with Crippen molar-refractivity contribution in [3.63, 3.8) is 0 Å². The summed E-state index contributed by atoms with van der Waals surface area (Å²) in [6.45, 7) is 6.75. The van der Waals surface area contributed by atoms with Gasteiger partial charge in [-0.3, -0.25) is 4.79 Å². The largest absolute Gasteiger partial charge is 0.486 e. The molecule has 1 aromatic heterocycles. The van der Waals surface area contributed by atoms with Gasteiger partial charge < -0.3 is 15.3 Å². The second kappa shape index (κ2) is 10.1. The molecule has 2 N–H and O–H groups in total. The highest BCUT2D eigenvalue weighted by Gasteiger charge is 2.11. The molecule has 0 radical (unpaired) electrons. The molecule has 0 aliphatic carbocycles. The minimum atomic E-state index is -0.181. The summed E-state index contributed by atoms with van der Waals surface area (Å²) in [6.07, 6.45) is 1.09. The minimum Gasteiger partial charge on any atom is -0.486 e. The Morgan fingerprint density at radius 3 is 2.65 bits per heavy atom. The van der Waals surface area contributed by atoms with Crippen LogP contribution < -0.4 is 10.6 Å². The molecule has 1 aromatic carbocycles. The number of nitrogens with zero attached hydrogens (tertiary/aromatic N) is 3. The molecule has 0 aliphatic heterocycles. The first-order valence-electron chi connectivity index (χ1n) is 8.71. The van der Waals surface area contributed by atoms with E-state index in [4.69, 9.17) is 15.3 Å². The fourth-order valence-corrected chi connectivity index (χ4v) is 3.03. The molecule has 0 amide bonds. The van der Waals surface area contributed by atoms with Crippen molar-refractivity contribution < 1.29 is 14.3 Å². The Hall–Kier alpha value is -2.22. The van der Waals surface area contributed by atoms with Gasteiger partial charge in [-0.1, -0.05) is 37.7 Å². The third-order valence-electron chi connectivity index (χ3n) is 3.71. The molecule has 26 heavy (non-hydrogen) atoms. The summed E-state index contributed by atoms with van der Waals surface area (Å²) < 4.78 is 12.1. The number of carbonyl (C=O) groups is 1. The van der Waals surface area contributed by atoms with Crippen molar-refractivity contribution in [2.24, 2.45) is 0 Å². The van der Waals surface area contributed by atoms with Gasteiger partial charge in [-0.25, -0.2) is 4.68 Å². The lowest BCUT2D eigenvalue weighted by atomic mass is 10.0. The van der Waals surface area contributed by atoms with Crippen LogP contribution in [-0.4, -0.2) is 33.2 Å². The van der Waals surface area contributed by atoms with Crippen molar-refractivity contribution >= 4 is 17.7 Å². The van der Waals surface area contributed by atoms with E-state index in [-0.39, 0.29) is 12.6 Å². The van der Waals surface area contributed by atoms with Crippen LogP contribution in [0.3, 0.4) is 0 Å². The van der Waals surface area contributed by atoms with Crippen molar-refractivity contribution in [3.05, 3.63) is 35.7 Å². The van der Waals surface area contributed by atoms with E-state index in [1.165, 1.54) is 22.0 Å². The molecule has 0 saturated carbocycles. The Bertz CT molecular complexity index is 701. The summed E-state index contributed by atoms with van der Waals surface area (Å²) in [5, 5.41) is 8.74. The summed E-state index contributed by atoms with van der Waals surface area (Å²) in [5.41, 5.74) is 1.26. The Morgan fingerprint density at radius 2 is 2.00 bits per heavy atom. The highest BCUT2D eigenvalue weighted by Crippen LogP contribution is 2.20. The molecular formula is C18H26N4O3S. The number of carbonyl (C=O) groups excluding carboxylic acids is 1. The summed E-state index contributed by atoms with van der Waals surface area (Å²) in [5.74, 6) is 8.35. The number of nitrogens with two attached hydrogens (primary N) is 1. The lowest BCUT2D eigenvalue weighted by molar-refractivity contribution is -0.143. The third-order valence-corrected chi connectivity index (χ3v) is 4.74. The molecule has 0 saturated heterocycles. The highest BCUT2D eigenvalue weighted by atomic mass is 32.2. The first-order valence-corrected chi connectivity index (χ1v) is 9.70. The van der Waals surface area contributed by atoms with Gasteiger partial charge >= 0.3 is 5.97 Å². The van der Waals surface area contributed by atoms with Gasteiger partial charge in [-0.05, 0) is 37.0 Å². The lowest BCUT2D eigenvalue weighted by Gasteiger charge is -2.09. The molecule has 0 atom stereocenters. The number of hydrogen-bond donors (Lipinski definition) is 1. The highest BCUT2D eigenvalue weighted by molar-refractivity contribution is 7.99. The Balaban J connectivity index is 1.79. The van der Waals surface area contributed by atoms with Gasteiger partial charge in [0.15, 0.2) is 5.82 Å². The van der Waals surface area contributed by atoms with E-state index in [9.17, 15) is 4.79 Å². The van der Waals surface area contributed by atoms with Crippen molar-refractivity contribution in [3.8, 4) is 5.75 Å². The van der Waals surface area contributed by atoms with Gasteiger partial charge in [0, 0.05) is 12.2 Å². The van der Waals surface area contributed by atoms with Crippen molar-refractivity contribution in [2.75, 3.05) is 18.2 Å². The van der Waals surface area contributed by atoms with Crippen molar-refractivity contribution in [2.45, 2.75) is 51.3 Å². The minimum absolute atomic E-state index is 0.181. The summed E-state index contributed by atoms with van der Waals surface area (Å²) in [7, 11) is 0. The number of rotatable bonds is 10. The Kier molecular flexibility index (Phi) is 7.77. The molecule has 0 fully saturated rings. The number of aromatic nitrogens is 3. The maximum absolute atomic E-state index is 11.3. The molecule has 0 aliphatic rings. The van der Waals surface area contributed by atoms with Crippen LogP contribution in [0.2, 0.25) is 0 Å². The second-order valence-electron chi connectivity index (χ2n) is 6.04.